The van der Waals surface area contributed by atoms with Gasteiger partial charge in [-0.25, -0.2) is 0 Å². The highest BCUT2D eigenvalue weighted by Gasteiger charge is 2.11. The predicted octanol–water partition coefficient (Wildman–Crippen LogP) is 0.905. The van der Waals surface area contributed by atoms with Crippen LogP contribution in [0.1, 0.15) is 13.8 Å². The second kappa shape index (κ2) is 5.65. The van der Waals surface area contributed by atoms with E-state index in [0.29, 0.717) is 0 Å². The van der Waals surface area contributed by atoms with Gasteiger partial charge in [-0.3, -0.25) is 4.90 Å². The summed E-state index contributed by atoms with van der Waals surface area (Å²) in [6.07, 6.45) is -0.185. The standard InChI is InChI=1S/C7H17NO2/c1-5-8(6-2)7(9-3)10-4/h7H,5-6H2,1-4H3. The molecule has 0 heterocycles. The van der Waals surface area contributed by atoms with Crippen LogP contribution in [0.4, 0.5) is 0 Å². The van der Waals surface area contributed by atoms with Gasteiger partial charge in [-0.15, -0.1) is 0 Å². The average molecular weight is 147 g/mol. The summed E-state index contributed by atoms with van der Waals surface area (Å²) in [7, 11) is 3.29. The van der Waals surface area contributed by atoms with Crippen molar-refractivity contribution in [2.75, 3.05) is 27.3 Å². The molecule has 0 aliphatic rings. The van der Waals surface area contributed by atoms with Gasteiger partial charge in [-0.2, -0.15) is 0 Å². The lowest BCUT2D eigenvalue weighted by molar-refractivity contribution is -0.193. The predicted molar refractivity (Wildman–Crippen MR) is 40.7 cm³/mol. The van der Waals surface area contributed by atoms with Gasteiger partial charge in [-0.1, -0.05) is 13.8 Å². The van der Waals surface area contributed by atoms with Gasteiger partial charge in [-0.05, 0) is 13.1 Å². The molecule has 0 aliphatic heterocycles. The van der Waals surface area contributed by atoms with Crippen molar-refractivity contribution < 1.29 is 9.47 Å². The summed E-state index contributed by atoms with van der Waals surface area (Å²) in [6.45, 7) is 6.05. The van der Waals surface area contributed by atoms with Gasteiger partial charge in [0.2, 0.25) is 6.41 Å². The first kappa shape index (κ1) is 9.88. The summed E-state index contributed by atoms with van der Waals surface area (Å²) in [5.41, 5.74) is 0. The maximum absolute atomic E-state index is 5.05. The minimum Gasteiger partial charge on any atom is -0.343 e. The van der Waals surface area contributed by atoms with Crippen molar-refractivity contribution in [1.82, 2.24) is 4.90 Å². The number of methoxy groups -OCH3 is 2. The third-order valence-corrected chi connectivity index (χ3v) is 1.51. The number of ether oxygens (including phenoxy) is 2. The molecule has 0 saturated heterocycles. The fourth-order valence-corrected chi connectivity index (χ4v) is 0.916. The Labute approximate surface area is 62.9 Å². The Hall–Kier alpha value is -0.120. The van der Waals surface area contributed by atoms with Crippen molar-refractivity contribution in [3.8, 4) is 0 Å². The van der Waals surface area contributed by atoms with Gasteiger partial charge in [0, 0.05) is 14.2 Å². The highest BCUT2D eigenvalue weighted by Crippen LogP contribution is 1.99. The zero-order chi connectivity index (χ0) is 7.98. The van der Waals surface area contributed by atoms with E-state index in [1.807, 2.05) is 0 Å². The molecular weight excluding hydrogens is 130 g/mol. The van der Waals surface area contributed by atoms with Gasteiger partial charge in [0.05, 0.1) is 0 Å². The van der Waals surface area contributed by atoms with Crippen LogP contribution < -0.4 is 0 Å². The van der Waals surface area contributed by atoms with Gasteiger partial charge in [0.25, 0.3) is 0 Å². The molecule has 0 rings (SSSR count). The molecule has 0 aromatic carbocycles. The highest BCUT2D eigenvalue weighted by molar-refractivity contribution is 4.47. The molecular formula is C7H17NO2. The van der Waals surface area contributed by atoms with Gasteiger partial charge in [0.1, 0.15) is 0 Å². The monoisotopic (exact) mass is 147 g/mol. The summed E-state index contributed by atoms with van der Waals surface area (Å²) in [5.74, 6) is 0. The van der Waals surface area contributed by atoms with Gasteiger partial charge in [0.15, 0.2) is 0 Å². The zero-order valence-electron chi connectivity index (χ0n) is 7.26. The lowest BCUT2D eigenvalue weighted by atomic mass is 10.5. The van der Waals surface area contributed by atoms with Crippen molar-refractivity contribution in [3.63, 3.8) is 0 Å². The van der Waals surface area contributed by atoms with Crippen LogP contribution in [0, 0.1) is 0 Å². The van der Waals surface area contributed by atoms with Crippen LogP contribution in [0.2, 0.25) is 0 Å². The molecule has 62 valence electrons. The summed E-state index contributed by atoms with van der Waals surface area (Å²) >= 11 is 0. The Balaban J connectivity index is 3.70. The SMILES string of the molecule is CCN(CC)C(OC)OC. The van der Waals surface area contributed by atoms with Crippen LogP contribution in [0.5, 0.6) is 0 Å². The summed E-state index contributed by atoms with van der Waals surface area (Å²) in [5, 5.41) is 0. The molecule has 3 nitrogen and oxygen atoms in total. The van der Waals surface area contributed by atoms with E-state index in [1.54, 1.807) is 14.2 Å². The molecule has 0 aliphatic carbocycles. The molecule has 0 aromatic heterocycles. The van der Waals surface area contributed by atoms with Crippen LogP contribution in [0.3, 0.4) is 0 Å². The first-order valence-corrected chi connectivity index (χ1v) is 3.59. The van der Waals surface area contributed by atoms with Crippen LogP contribution in [-0.2, 0) is 9.47 Å². The maximum atomic E-state index is 5.05. The Morgan fingerprint density at radius 2 is 1.50 bits per heavy atom. The van der Waals surface area contributed by atoms with E-state index in [1.165, 1.54) is 0 Å². The topological polar surface area (TPSA) is 21.7 Å². The molecule has 10 heavy (non-hydrogen) atoms. The van der Waals surface area contributed by atoms with E-state index < -0.39 is 0 Å². The smallest absolute Gasteiger partial charge is 0.218 e. The highest BCUT2D eigenvalue weighted by atomic mass is 16.7. The van der Waals surface area contributed by atoms with E-state index in [-0.39, 0.29) is 6.41 Å². The van der Waals surface area contributed by atoms with E-state index in [2.05, 4.69) is 18.7 Å². The molecule has 0 radical (unpaired) electrons. The number of hydrogen-bond donors (Lipinski definition) is 0. The Kier molecular flexibility index (Phi) is 5.58. The molecule has 0 saturated carbocycles. The molecule has 0 N–H and O–H groups in total. The van der Waals surface area contributed by atoms with Crippen molar-refractivity contribution in [2.45, 2.75) is 20.3 Å². The number of nitrogens with zero attached hydrogens (tertiary/aromatic N) is 1. The summed E-state index contributed by atoms with van der Waals surface area (Å²) in [4.78, 5) is 2.08. The summed E-state index contributed by atoms with van der Waals surface area (Å²) in [6, 6.07) is 0. The minimum atomic E-state index is -0.185. The van der Waals surface area contributed by atoms with Crippen molar-refractivity contribution in [3.05, 3.63) is 0 Å². The quantitative estimate of drug-likeness (QED) is 0.539. The molecule has 0 atom stereocenters. The lowest BCUT2D eigenvalue weighted by Gasteiger charge is -2.26. The molecule has 0 fully saturated rings. The van der Waals surface area contributed by atoms with E-state index in [4.69, 9.17) is 9.47 Å². The van der Waals surface area contributed by atoms with E-state index in [0.717, 1.165) is 13.1 Å². The number of rotatable bonds is 5. The summed E-state index contributed by atoms with van der Waals surface area (Å²) < 4.78 is 10.1. The van der Waals surface area contributed by atoms with Gasteiger partial charge >= 0.3 is 0 Å². The number of hydrogen-bond acceptors (Lipinski definition) is 3. The minimum absolute atomic E-state index is 0.185. The molecule has 0 unspecified atom stereocenters. The van der Waals surface area contributed by atoms with E-state index in [9.17, 15) is 0 Å². The molecule has 0 spiro atoms. The average Bonchev–Trinajstić information content (AvgIpc) is 2.00. The van der Waals surface area contributed by atoms with Crippen LogP contribution in [0.25, 0.3) is 0 Å². The fraction of sp³-hybridized carbons (Fsp3) is 1.00. The molecule has 0 bridgehead atoms. The molecule has 0 aromatic rings. The van der Waals surface area contributed by atoms with E-state index >= 15 is 0 Å². The Morgan fingerprint density at radius 1 is 1.10 bits per heavy atom. The fourth-order valence-electron chi connectivity index (χ4n) is 0.916. The van der Waals surface area contributed by atoms with Crippen molar-refractivity contribution in [2.24, 2.45) is 0 Å². The van der Waals surface area contributed by atoms with Gasteiger partial charge < -0.3 is 9.47 Å². The second-order valence-electron chi connectivity index (χ2n) is 2.00. The largest absolute Gasteiger partial charge is 0.343 e. The first-order chi connectivity index (χ1) is 4.79. The Bertz CT molecular complexity index is 60.0. The third-order valence-electron chi connectivity index (χ3n) is 1.51. The van der Waals surface area contributed by atoms with Crippen molar-refractivity contribution in [1.29, 1.82) is 0 Å². The second-order valence-corrected chi connectivity index (χ2v) is 2.00. The lowest BCUT2D eigenvalue weighted by Crippen LogP contribution is -2.37. The third kappa shape index (κ3) is 2.64. The zero-order valence-corrected chi connectivity index (χ0v) is 7.26. The van der Waals surface area contributed by atoms with Crippen LogP contribution in [0.15, 0.2) is 0 Å². The van der Waals surface area contributed by atoms with Crippen LogP contribution in [-0.4, -0.2) is 38.6 Å². The maximum Gasteiger partial charge on any atom is 0.218 e. The van der Waals surface area contributed by atoms with Crippen molar-refractivity contribution >= 4 is 0 Å². The van der Waals surface area contributed by atoms with Crippen LogP contribution >= 0.6 is 0 Å². The first-order valence-electron chi connectivity index (χ1n) is 3.59. The normalized spacial score (nSPS) is 11.4. The Morgan fingerprint density at radius 3 is 1.60 bits per heavy atom. The molecule has 0 amide bonds. The molecule has 3 heteroatoms.